The van der Waals surface area contributed by atoms with Crippen LogP contribution in [-0.4, -0.2) is 30.3 Å². The fraction of sp³-hybridized carbons (Fsp3) is 0.562. The summed E-state index contributed by atoms with van der Waals surface area (Å²) < 4.78 is 5.44. The minimum absolute atomic E-state index is 0.0579. The van der Waals surface area contributed by atoms with Crippen LogP contribution in [-0.2, 0) is 6.42 Å². The van der Waals surface area contributed by atoms with Crippen molar-refractivity contribution in [3.63, 3.8) is 0 Å². The molecule has 4 nitrogen and oxygen atoms in total. The molecule has 3 rings (SSSR count). The molecule has 1 heterocycles. The SMILES string of the molecule is O=C(NCC1CCCCC1O)c1ccc2c(c1)CCO2. The lowest BCUT2D eigenvalue weighted by atomic mass is 9.86. The van der Waals surface area contributed by atoms with Crippen molar-refractivity contribution in [3.05, 3.63) is 29.3 Å². The monoisotopic (exact) mass is 275 g/mol. The molecule has 1 amide bonds. The Bertz CT molecular complexity index is 500. The summed E-state index contributed by atoms with van der Waals surface area (Å²) in [5, 5.41) is 12.9. The summed E-state index contributed by atoms with van der Waals surface area (Å²) in [6, 6.07) is 5.58. The highest BCUT2D eigenvalue weighted by Crippen LogP contribution is 2.26. The van der Waals surface area contributed by atoms with Gasteiger partial charge in [-0.05, 0) is 36.6 Å². The molecule has 2 atom stereocenters. The number of rotatable bonds is 3. The molecule has 1 fully saturated rings. The maximum Gasteiger partial charge on any atom is 0.251 e. The lowest BCUT2D eigenvalue weighted by molar-refractivity contribution is 0.0663. The number of carbonyl (C=O) groups is 1. The predicted molar refractivity (Wildman–Crippen MR) is 75.9 cm³/mol. The van der Waals surface area contributed by atoms with E-state index in [1.165, 1.54) is 0 Å². The molecule has 4 heteroatoms. The first kappa shape index (κ1) is 13.4. The van der Waals surface area contributed by atoms with Gasteiger partial charge in [-0.3, -0.25) is 4.79 Å². The van der Waals surface area contributed by atoms with Crippen molar-refractivity contribution in [1.29, 1.82) is 0 Å². The second-order valence-electron chi connectivity index (χ2n) is 5.74. The van der Waals surface area contributed by atoms with E-state index in [9.17, 15) is 9.90 Å². The van der Waals surface area contributed by atoms with E-state index < -0.39 is 0 Å². The average molecular weight is 275 g/mol. The molecular weight excluding hydrogens is 254 g/mol. The summed E-state index contributed by atoms with van der Waals surface area (Å²) >= 11 is 0. The van der Waals surface area contributed by atoms with E-state index in [0.29, 0.717) is 18.7 Å². The summed E-state index contributed by atoms with van der Waals surface area (Å²) in [5.41, 5.74) is 1.79. The molecule has 108 valence electrons. The second kappa shape index (κ2) is 5.83. The van der Waals surface area contributed by atoms with Crippen molar-refractivity contribution < 1.29 is 14.6 Å². The Morgan fingerprint density at radius 1 is 1.35 bits per heavy atom. The smallest absolute Gasteiger partial charge is 0.251 e. The van der Waals surface area contributed by atoms with E-state index in [-0.39, 0.29) is 17.9 Å². The number of hydrogen-bond acceptors (Lipinski definition) is 3. The first-order chi connectivity index (χ1) is 9.74. The number of hydrogen-bond donors (Lipinski definition) is 2. The van der Waals surface area contributed by atoms with Crippen molar-refractivity contribution >= 4 is 5.91 Å². The van der Waals surface area contributed by atoms with Crippen LogP contribution in [0, 0.1) is 5.92 Å². The van der Waals surface area contributed by atoms with Gasteiger partial charge >= 0.3 is 0 Å². The van der Waals surface area contributed by atoms with Crippen molar-refractivity contribution in [2.75, 3.05) is 13.2 Å². The Balaban J connectivity index is 1.59. The standard InChI is InChI=1S/C16H21NO3/c18-14-4-2-1-3-13(14)10-17-16(19)12-5-6-15-11(9-12)7-8-20-15/h5-6,9,13-14,18H,1-4,7-8,10H2,(H,17,19). The Hall–Kier alpha value is -1.55. The zero-order valence-electron chi connectivity index (χ0n) is 11.6. The quantitative estimate of drug-likeness (QED) is 0.886. The zero-order chi connectivity index (χ0) is 13.9. The van der Waals surface area contributed by atoms with Gasteiger partial charge in [0.15, 0.2) is 0 Å². The molecule has 0 saturated heterocycles. The minimum Gasteiger partial charge on any atom is -0.493 e. The van der Waals surface area contributed by atoms with Crippen LogP contribution >= 0.6 is 0 Å². The fourth-order valence-corrected chi connectivity index (χ4v) is 3.08. The number of aliphatic hydroxyl groups is 1. The topological polar surface area (TPSA) is 58.6 Å². The molecule has 2 N–H and O–H groups in total. The van der Waals surface area contributed by atoms with Gasteiger partial charge in [-0.2, -0.15) is 0 Å². The fourth-order valence-electron chi connectivity index (χ4n) is 3.08. The van der Waals surface area contributed by atoms with E-state index >= 15 is 0 Å². The van der Waals surface area contributed by atoms with E-state index in [4.69, 9.17) is 4.74 Å². The van der Waals surface area contributed by atoms with Crippen LogP contribution in [0.3, 0.4) is 0 Å². The Morgan fingerprint density at radius 2 is 2.20 bits per heavy atom. The highest BCUT2D eigenvalue weighted by atomic mass is 16.5. The third-order valence-electron chi connectivity index (χ3n) is 4.35. The largest absolute Gasteiger partial charge is 0.493 e. The molecule has 2 unspecified atom stereocenters. The summed E-state index contributed by atoms with van der Waals surface area (Å²) in [7, 11) is 0. The lowest BCUT2D eigenvalue weighted by Gasteiger charge is -2.27. The van der Waals surface area contributed by atoms with Crippen LogP contribution in [0.2, 0.25) is 0 Å². The first-order valence-electron chi connectivity index (χ1n) is 7.46. The molecule has 1 aliphatic heterocycles. The highest BCUT2D eigenvalue weighted by molar-refractivity contribution is 5.94. The molecule has 0 radical (unpaired) electrons. The first-order valence-corrected chi connectivity index (χ1v) is 7.46. The Morgan fingerprint density at radius 3 is 3.05 bits per heavy atom. The number of amides is 1. The van der Waals surface area contributed by atoms with Crippen LogP contribution in [0.4, 0.5) is 0 Å². The van der Waals surface area contributed by atoms with Gasteiger partial charge in [-0.1, -0.05) is 12.8 Å². The number of ether oxygens (including phenoxy) is 1. The molecule has 0 aromatic heterocycles. The van der Waals surface area contributed by atoms with Crippen molar-refractivity contribution in [2.45, 2.75) is 38.2 Å². The van der Waals surface area contributed by atoms with Gasteiger partial charge in [0.2, 0.25) is 0 Å². The van der Waals surface area contributed by atoms with Crippen molar-refractivity contribution in [3.8, 4) is 5.75 Å². The van der Waals surface area contributed by atoms with Crippen LogP contribution in [0.5, 0.6) is 5.75 Å². The van der Waals surface area contributed by atoms with E-state index in [2.05, 4.69) is 5.32 Å². The predicted octanol–water partition coefficient (Wildman–Crippen LogP) is 1.90. The van der Waals surface area contributed by atoms with Gasteiger partial charge in [0.05, 0.1) is 12.7 Å². The maximum absolute atomic E-state index is 12.2. The highest BCUT2D eigenvalue weighted by Gasteiger charge is 2.23. The summed E-state index contributed by atoms with van der Waals surface area (Å²) in [6.07, 6.45) is 4.70. The molecule has 1 saturated carbocycles. The number of aliphatic hydroxyl groups excluding tert-OH is 1. The lowest BCUT2D eigenvalue weighted by Crippen LogP contribution is -2.36. The number of fused-ring (bicyclic) bond motifs is 1. The zero-order valence-corrected chi connectivity index (χ0v) is 11.6. The van der Waals surface area contributed by atoms with Crippen LogP contribution < -0.4 is 10.1 Å². The van der Waals surface area contributed by atoms with Crippen molar-refractivity contribution in [1.82, 2.24) is 5.32 Å². The van der Waals surface area contributed by atoms with Gasteiger partial charge in [0, 0.05) is 24.4 Å². The molecule has 1 aromatic rings. The van der Waals surface area contributed by atoms with Crippen LogP contribution in [0.1, 0.15) is 41.6 Å². The van der Waals surface area contributed by atoms with E-state index in [1.54, 1.807) is 6.07 Å². The van der Waals surface area contributed by atoms with Gasteiger partial charge in [-0.25, -0.2) is 0 Å². The van der Waals surface area contributed by atoms with Crippen molar-refractivity contribution in [2.24, 2.45) is 5.92 Å². The van der Waals surface area contributed by atoms with Gasteiger partial charge in [0.25, 0.3) is 5.91 Å². The second-order valence-corrected chi connectivity index (χ2v) is 5.74. The molecule has 2 aliphatic rings. The van der Waals surface area contributed by atoms with E-state index in [0.717, 1.165) is 43.4 Å². The van der Waals surface area contributed by atoms with Gasteiger partial charge in [0.1, 0.15) is 5.75 Å². The van der Waals surface area contributed by atoms with Crippen LogP contribution in [0.25, 0.3) is 0 Å². The molecule has 20 heavy (non-hydrogen) atoms. The Labute approximate surface area is 119 Å². The minimum atomic E-state index is -0.266. The molecule has 1 aliphatic carbocycles. The molecular formula is C16H21NO3. The van der Waals surface area contributed by atoms with Gasteiger partial charge in [-0.15, -0.1) is 0 Å². The summed E-state index contributed by atoms with van der Waals surface area (Å²) in [5.74, 6) is 1.03. The average Bonchev–Trinajstić information content (AvgIpc) is 2.93. The summed E-state index contributed by atoms with van der Waals surface area (Å²) in [6.45, 7) is 1.27. The summed E-state index contributed by atoms with van der Waals surface area (Å²) in [4.78, 5) is 12.2. The van der Waals surface area contributed by atoms with Crippen LogP contribution in [0.15, 0.2) is 18.2 Å². The third kappa shape index (κ3) is 2.80. The maximum atomic E-state index is 12.2. The molecule has 0 spiro atoms. The Kier molecular flexibility index (Phi) is 3.92. The third-order valence-corrected chi connectivity index (χ3v) is 4.35. The molecule has 1 aromatic carbocycles. The number of benzene rings is 1. The van der Waals surface area contributed by atoms with E-state index in [1.807, 2.05) is 12.1 Å². The molecule has 0 bridgehead atoms. The number of carbonyl (C=O) groups excluding carboxylic acids is 1. The normalized spacial score (nSPS) is 24.9. The van der Waals surface area contributed by atoms with Gasteiger partial charge < -0.3 is 15.2 Å². The number of nitrogens with one attached hydrogen (secondary N) is 1.